The first-order valence-electron chi connectivity index (χ1n) is 6.40. The zero-order valence-corrected chi connectivity index (χ0v) is 11.6. The van der Waals surface area contributed by atoms with Crippen molar-refractivity contribution in [3.8, 4) is 0 Å². The van der Waals surface area contributed by atoms with E-state index < -0.39 is 10.0 Å². The maximum Gasteiger partial charge on any atom is 0.215 e. The molecule has 102 valence electrons. The van der Waals surface area contributed by atoms with E-state index in [1.165, 1.54) is 0 Å². The molecule has 17 heavy (non-hydrogen) atoms. The van der Waals surface area contributed by atoms with E-state index in [4.69, 9.17) is 4.74 Å². The Balaban J connectivity index is 2.40. The summed E-state index contributed by atoms with van der Waals surface area (Å²) in [5, 5.41) is 3.12. The normalized spacial score (nSPS) is 22.8. The Morgan fingerprint density at radius 1 is 1.35 bits per heavy atom. The van der Waals surface area contributed by atoms with Crippen molar-refractivity contribution in [1.29, 1.82) is 0 Å². The second-order valence-electron chi connectivity index (χ2n) is 4.33. The van der Waals surface area contributed by atoms with Gasteiger partial charge in [0.25, 0.3) is 0 Å². The highest BCUT2D eigenvalue weighted by Crippen LogP contribution is 2.12. The Hall–Kier alpha value is -0.170. The van der Waals surface area contributed by atoms with Gasteiger partial charge in [-0.1, -0.05) is 13.8 Å². The van der Waals surface area contributed by atoms with Gasteiger partial charge in [-0.15, -0.1) is 0 Å². The maximum absolute atomic E-state index is 12.0. The van der Waals surface area contributed by atoms with Crippen LogP contribution in [-0.4, -0.2) is 57.4 Å². The molecule has 0 aromatic rings. The van der Waals surface area contributed by atoms with Crippen LogP contribution in [0.15, 0.2) is 0 Å². The van der Waals surface area contributed by atoms with Gasteiger partial charge in [-0.25, -0.2) is 8.42 Å². The lowest BCUT2D eigenvalue weighted by Crippen LogP contribution is -2.47. The minimum atomic E-state index is -3.12. The van der Waals surface area contributed by atoms with Gasteiger partial charge in [0, 0.05) is 19.6 Å². The number of sulfonamides is 1. The van der Waals surface area contributed by atoms with Crippen LogP contribution in [0.5, 0.6) is 0 Å². The van der Waals surface area contributed by atoms with Crippen molar-refractivity contribution in [2.24, 2.45) is 0 Å². The van der Waals surface area contributed by atoms with Crippen molar-refractivity contribution >= 4 is 10.0 Å². The molecule has 0 spiro atoms. The van der Waals surface area contributed by atoms with Crippen LogP contribution in [0.3, 0.4) is 0 Å². The molecule has 0 radical (unpaired) electrons. The van der Waals surface area contributed by atoms with E-state index in [1.807, 2.05) is 6.92 Å². The number of morpholine rings is 1. The first-order chi connectivity index (χ1) is 8.10. The van der Waals surface area contributed by atoms with E-state index >= 15 is 0 Å². The van der Waals surface area contributed by atoms with Crippen LogP contribution in [0.1, 0.15) is 26.7 Å². The Morgan fingerprint density at radius 3 is 2.76 bits per heavy atom. The van der Waals surface area contributed by atoms with Crippen LogP contribution >= 0.6 is 0 Å². The summed E-state index contributed by atoms with van der Waals surface area (Å²) in [5.41, 5.74) is 0. The van der Waals surface area contributed by atoms with Crippen LogP contribution in [0.25, 0.3) is 0 Å². The average Bonchev–Trinajstić information content (AvgIpc) is 2.35. The fraction of sp³-hybridized carbons (Fsp3) is 1.00. The molecule has 6 heteroatoms. The van der Waals surface area contributed by atoms with Crippen molar-refractivity contribution in [2.75, 3.05) is 38.5 Å². The third-order valence-corrected chi connectivity index (χ3v) is 4.75. The first-order valence-corrected chi connectivity index (χ1v) is 8.01. The summed E-state index contributed by atoms with van der Waals surface area (Å²) in [5.74, 6) is 0.184. The van der Waals surface area contributed by atoms with Gasteiger partial charge in [0.15, 0.2) is 0 Å². The molecule has 1 aliphatic heterocycles. The molecule has 0 amide bonds. The van der Waals surface area contributed by atoms with Gasteiger partial charge in [0.2, 0.25) is 10.0 Å². The van der Waals surface area contributed by atoms with E-state index in [9.17, 15) is 8.42 Å². The molecule has 1 atom stereocenters. The predicted molar refractivity (Wildman–Crippen MR) is 68.6 cm³/mol. The molecule has 0 bridgehead atoms. The SMILES string of the molecule is CCCNCCS(=O)(=O)N1CCOC(CC)C1. The molecule has 0 aromatic heterocycles. The zero-order valence-electron chi connectivity index (χ0n) is 10.8. The Kier molecular flexibility index (Phi) is 6.40. The number of ether oxygens (including phenoxy) is 1. The standard InChI is InChI=1S/C11H24N2O3S/c1-3-5-12-6-9-17(14,15)13-7-8-16-11(4-2)10-13/h11-12H,3-10H2,1-2H3. The van der Waals surface area contributed by atoms with Crippen LogP contribution in [-0.2, 0) is 14.8 Å². The van der Waals surface area contributed by atoms with Gasteiger partial charge in [-0.2, -0.15) is 4.31 Å². The summed E-state index contributed by atoms with van der Waals surface area (Å²) in [6.45, 7) is 7.00. The summed E-state index contributed by atoms with van der Waals surface area (Å²) in [6, 6.07) is 0. The minimum absolute atomic E-state index is 0.0575. The van der Waals surface area contributed by atoms with Crippen LogP contribution in [0.4, 0.5) is 0 Å². The smallest absolute Gasteiger partial charge is 0.215 e. The van der Waals surface area contributed by atoms with Crippen molar-refractivity contribution in [3.05, 3.63) is 0 Å². The highest BCUT2D eigenvalue weighted by Gasteiger charge is 2.27. The largest absolute Gasteiger partial charge is 0.375 e. The topological polar surface area (TPSA) is 58.6 Å². The van der Waals surface area contributed by atoms with E-state index in [1.54, 1.807) is 4.31 Å². The molecule has 0 aliphatic carbocycles. The van der Waals surface area contributed by atoms with Crippen molar-refractivity contribution in [2.45, 2.75) is 32.8 Å². The Bertz CT molecular complexity index is 306. The van der Waals surface area contributed by atoms with Gasteiger partial charge in [0.05, 0.1) is 18.5 Å². The van der Waals surface area contributed by atoms with Crippen LogP contribution in [0, 0.1) is 0 Å². The first kappa shape index (κ1) is 14.9. The molecule has 1 unspecified atom stereocenters. The van der Waals surface area contributed by atoms with Crippen molar-refractivity contribution < 1.29 is 13.2 Å². The minimum Gasteiger partial charge on any atom is -0.375 e. The molecular formula is C11H24N2O3S. The number of rotatable bonds is 7. The Morgan fingerprint density at radius 2 is 2.12 bits per heavy atom. The highest BCUT2D eigenvalue weighted by atomic mass is 32.2. The lowest BCUT2D eigenvalue weighted by atomic mass is 10.2. The summed E-state index contributed by atoms with van der Waals surface area (Å²) in [6.07, 6.45) is 1.94. The summed E-state index contributed by atoms with van der Waals surface area (Å²) in [4.78, 5) is 0. The fourth-order valence-corrected chi connectivity index (χ4v) is 3.23. The third kappa shape index (κ3) is 4.91. The molecular weight excluding hydrogens is 240 g/mol. The number of hydrogen-bond donors (Lipinski definition) is 1. The lowest BCUT2D eigenvalue weighted by Gasteiger charge is -2.31. The van der Waals surface area contributed by atoms with E-state index in [0.717, 1.165) is 19.4 Å². The fourth-order valence-electron chi connectivity index (χ4n) is 1.82. The maximum atomic E-state index is 12.0. The van der Waals surface area contributed by atoms with Gasteiger partial charge in [0.1, 0.15) is 0 Å². The molecule has 1 heterocycles. The summed E-state index contributed by atoms with van der Waals surface area (Å²) in [7, 11) is -3.12. The van der Waals surface area contributed by atoms with E-state index in [2.05, 4.69) is 12.2 Å². The zero-order chi connectivity index (χ0) is 12.7. The molecule has 5 nitrogen and oxygen atoms in total. The van der Waals surface area contributed by atoms with Gasteiger partial charge in [-0.05, 0) is 19.4 Å². The monoisotopic (exact) mass is 264 g/mol. The van der Waals surface area contributed by atoms with E-state index in [-0.39, 0.29) is 11.9 Å². The molecule has 1 saturated heterocycles. The van der Waals surface area contributed by atoms with Crippen LogP contribution < -0.4 is 5.32 Å². The summed E-state index contributed by atoms with van der Waals surface area (Å²) < 4.78 is 31.1. The second-order valence-corrected chi connectivity index (χ2v) is 6.41. The third-order valence-electron chi connectivity index (χ3n) is 2.91. The average molecular weight is 264 g/mol. The predicted octanol–water partition coefficient (Wildman–Crippen LogP) is 0.427. The molecule has 0 aromatic carbocycles. The van der Waals surface area contributed by atoms with Crippen molar-refractivity contribution in [1.82, 2.24) is 9.62 Å². The number of nitrogens with zero attached hydrogens (tertiary/aromatic N) is 1. The molecule has 1 aliphatic rings. The highest BCUT2D eigenvalue weighted by molar-refractivity contribution is 7.89. The second kappa shape index (κ2) is 7.31. The number of nitrogens with one attached hydrogen (secondary N) is 1. The number of hydrogen-bond acceptors (Lipinski definition) is 4. The quantitative estimate of drug-likeness (QED) is 0.677. The van der Waals surface area contributed by atoms with Crippen LogP contribution in [0.2, 0.25) is 0 Å². The molecule has 0 saturated carbocycles. The van der Waals surface area contributed by atoms with Gasteiger partial charge >= 0.3 is 0 Å². The van der Waals surface area contributed by atoms with Gasteiger partial charge in [-0.3, -0.25) is 0 Å². The van der Waals surface area contributed by atoms with Gasteiger partial charge < -0.3 is 10.1 Å². The van der Waals surface area contributed by atoms with Crippen molar-refractivity contribution in [3.63, 3.8) is 0 Å². The molecule has 1 rings (SSSR count). The Labute approximate surface area is 105 Å². The summed E-state index contributed by atoms with van der Waals surface area (Å²) >= 11 is 0. The molecule has 1 fully saturated rings. The van der Waals surface area contributed by atoms with E-state index in [0.29, 0.717) is 26.2 Å². The lowest BCUT2D eigenvalue weighted by molar-refractivity contribution is -0.00275. The molecule has 1 N–H and O–H groups in total.